The summed E-state index contributed by atoms with van der Waals surface area (Å²) in [4.78, 5) is 27.0. The van der Waals surface area contributed by atoms with Crippen molar-refractivity contribution in [3.63, 3.8) is 0 Å². The second-order valence-corrected chi connectivity index (χ2v) is 6.97. The molecular formula is C18H20ClN3O4. The van der Waals surface area contributed by atoms with E-state index in [1.807, 2.05) is 6.07 Å². The number of carbonyl (C=O) groups excluding carboxylic acids is 2. The maximum atomic E-state index is 13.2. The monoisotopic (exact) mass is 377 g/mol. The molecule has 2 atom stereocenters. The highest BCUT2D eigenvalue weighted by Gasteiger charge is 2.58. The van der Waals surface area contributed by atoms with Crippen molar-refractivity contribution in [2.75, 3.05) is 25.4 Å². The van der Waals surface area contributed by atoms with Crippen molar-refractivity contribution in [2.45, 2.75) is 31.7 Å². The largest absolute Gasteiger partial charge is 0.359 e. The molecule has 1 spiro atoms. The number of hydrogen-bond acceptors (Lipinski definition) is 5. The van der Waals surface area contributed by atoms with Gasteiger partial charge < -0.3 is 14.8 Å². The molecule has 1 aromatic rings. The van der Waals surface area contributed by atoms with Crippen molar-refractivity contribution >= 4 is 29.2 Å². The lowest BCUT2D eigenvalue weighted by atomic mass is 9.87. The number of nitrogens with one attached hydrogen (secondary N) is 1. The summed E-state index contributed by atoms with van der Waals surface area (Å²) in [6.45, 7) is 2.17. The van der Waals surface area contributed by atoms with Crippen LogP contribution in [0.25, 0.3) is 0 Å². The van der Waals surface area contributed by atoms with E-state index in [0.29, 0.717) is 29.8 Å². The number of carbonyl (C=O) groups is 2. The second kappa shape index (κ2) is 7.23. The van der Waals surface area contributed by atoms with Crippen LogP contribution in [0.4, 0.5) is 10.5 Å². The predicted molar refractivity (Wildman–Crippen MR) is 94.8 cm³/mol. The molecule has 26 heavy (non-hydrogen) atoms. The van der Waals surface area contributed by atoms with Crippen molar-refractivity contribution in [1.82, 2.24) is 5.32 Å². The Hall–Kier alpha value is -2.14. The van der Waals surface area contributed by atoms with Gasteiger partial charge in [0.05, 0.1) is 22.9 Å². The Bertz CT molecular complexity index is 791. The minimum Gasteiger partial charge on any atom is -0.359 e. The smallest absolute Gasteiger partial charge is 0.329 e. The van der Waals surface area contributed by atoms with Crippen LogP contribution in [0.5, 0.6) is 0 Å². The van der Waals surface area contributed by atoms with Crippen LogP contribution >= 0.6 is 11.6 Å². The molecule has 138 valence electrons. The first-order chi connectivity index (χ1) is 12.5. The van der Waals surface area contributed by atoms with Gasteiger partial charge in [-0.3, -0.25) is 4.79 Å². The van der Waals surface area contributed by atoms with E-state index < -0.39 is 11.6 Å². The zero-order valence-corrected chi connectivity index (χ0v) is 15.4. The molecule has 1 saturated heterocycles. The van der Waals surface area contributed by atoms with Crippen LogP contribution in [0.15, 0.2) is 12.1 Å². The van der Waals surface area contributed by atoms with Gasteiger partial charge in [-0.25, -0.2) is 9.69 Å². The van der Waals surface area contributed by atoms with Gasteiger partial charge in [-0.05, 0) is 37.5 Å². The van der Waals surface area contributed by atoms with E-state index in [9.17, 15) is 9.59 Å². The Morgan fingerprint density at radius 1 is 1.46 bits per heavy atom. The van der Waals surface area contributed by atoms with E-state index in [4.69, 9.17) is 26.3 Å². The van der Waals surface area contributed by atoms with Crippen molar-refractivity contribution in [3.8, 4) is 6.07 Å². The molecule has 2 aliphatic rings. The number of methoxy groups -OCH3 is 1. The lowest BCUT2D eigenvalue weighted by Gasteiger charge is -2.28. The van der Waals surface area contributed by atoms with Gasteiger partial charge in [0.2, 0.25) is 0 Å². The molecule has 0 bridgehead atoms. The summed E-state index contributed by atoms with van der Waals surface area (Å²) in [5.74, 6) is -0.414. The molecule has 1 N–H and O–H groups in total. The van der Waals surface area contributed by atoms with Crippen LogP contribution in [-0.2, 0) is 14.3 Å². The maximum Gasteiger partial charge on any atom is 0.329 e. The Labute approximate surface area is 156 Å². The Morgan fingerprint density at radius 2 is 2.23 bits per heavy atom. The number of halogens is 1. The first-order valence-corrected chi connectivity index (χ1v) is 8.76. The second-order valence-electron chi connectivity index (χ2n) is 6.59. The number of ether oxygens (including phenoxy) is 2. The molecule has 1 aromatic carbocycles. The molecule has 1 aliphatic carbocycles. The molecule has 0 aromatic heterocycles. The zero-order chi connectivity index (χ0) is 18.9. The molecule has 7 nitrogen and oxygen atoms in total. The molecule has 8 heteroatoms. The van der Waals surface area contributed by atoms with Crippen LogP contribution in [0.3, 0.4) is 0 Å². The van der Waals surface area contributed by atoms with Crippen molar-refractivity contribution in [2.24, 2.45) is 5.92 Å². The number of hydrogen-bond donors (Lipinski definition) is 1. The number of rotatable bonds is 5. The first-order valence-electron chi connectivity index (χ1n) is 8.39. The van der Waals surface area contributed by atoms with Crippen LogP contribution in [0.1, 0.15) is 30.4 Å². The number of amides is 3. The molecule has 1 aliphatic heterocycles. The van der Waals surface area contributed by atoms with Gasteiger partial charge in [-0.15, -0.1) is 0 Å². The third kappa shape index (κ3) is 2.84. The Morgan fingerprint density at radius 3 is 2.92 bits per heavy atom. The fourth-order valence-electron chi connectivity index (χ4n) is 3.84. The van der Waals surface area contributed by atoms with E-state index in [0.717, 1.165) is 17.7 Å². The minimum absolute atomic E-state index is 0.117. The van der Waals surface area contributed by atoms with Crippen molar-refractivity contribution in [1.29, 1.82) is 5.26 Å². The molecular weight excluding hydrogens is 358 g/mol. The van der Waals surface area contributed by atoms with Gasteiger partial charge in [0, 0.05) is 13.0 Å². The average molecular weight is 378 g/mol. The van der Waals surface area contributed by atoms with E-state index >= 15 is 0 Å². The summed E-state index contributed by atoms with van der Waals surface area (Å²) < 4.78 is 10.3. The van der Waals surface area contributed by atoms with E-state index in [-0.39, 0.29) is 23.6 Å². The van der Waals surface area contributed by atoms with Crippen molar-refractivity contribution < 1.29 is 19.1 Å². The van der Waals surface area contributed by atoms with E-state index in [1.54, 1.807) is 13.0 Å². The highest BCUT2D eigenvalue weighted by Crippen LogP contribution is 2.43. The maximum absolute atomic E-state index is 13.2. The van der Waals surface area contributed by atoms with Crippen LogP contribution in [-0.4, -0.2) is 38.0 Å². The summed E-state index contributed by atoms with van der Waals surface area (Å²) in [6.07, 6.45) is 2.18. The summed E-state index contributed by atoms with van der Waals surface area (Å²) in [7, 11) is 1.53. The normalized spacial score (nSPS) is 25.0. The number of nitrogens with zero attached hydrogens (tertiary/aromatic N) is 2. The molecule has 2 fully saturated rings. The van der Waals surface area contributed by atoms with Gasteiger partial charge in [-0.1, -0.05) is 18.0 Å². The quantitative estimate of drug-likeness (QED) is 0.484. The topological polar surface area (TPSA) is 91.7 Å². The van der Waals surface area contributed by atoms with Gasteiger partial charge in [-0.2, -0.15) is 5.26 Å². The summed E-state index contributed by atoms with van der Waals surface area (Å²) in [5.41, 5.74) is 0.271. The number of nitriles is 1. The fraction of sp³-hybridized carbons (Fsp3) is 0.500. The van der Waals surface area contributed by atoms with Gasteiger partial charge in [0.1, 0.15) is 18.4 Å². The lowest BCUT2D eigenvalue weighted by molar-refractivity contribution is -0.125. The standard InChI is InChI=1S/C18H20ClN3O4/c1-11-14(6-5-12(8-20)15(11)19)22-16(23)18(21-17(22)24)7-3-4-13(18)9-26-10-25-2/h5-6,13H,3-4,7,9-10H2,1-2H3,(H,21,24)/t13-,18-/m0/s1. The van der Waals surface area contributed by atoms with E-state index in [1.165, 1.54) is 13.2 Å². The molecule has 3 rings (SSSR count). The first kappa shape index (κ1) is 18.6. The van der Waals surface area contributed by atoms with E-state index in [2.05, 4.69) is 5.32 Å². The van der Waals surface area contributed by atoms with Gasteiger partial charge in [0.15, 0.2) is 0 Å². The summed E-state index contributed by atoms with van der Waals surface area (Å²) >= 11 is 6.21. The lowest BCUT2D eigenvalue weighted by Crippen LogP contribution is -2.51. The Kier molecular flexibility index (Phi) is 5.19. The molecule has 3 amide bonds. The third-order valence-corrected chi connectivity index (χ3v) is 5.66. The van der Waals surface area contributed by atoms with Crippen LogP contribution in [0.2, 0.25) is 5.02 Å². The van der Waals surface area contributed by atoms with Crippen molar-refractivity contribution in [3.05, 3.63) is 28.3 Å². The number of benzene rings is 1. The van der Waals surface area contributed by atoms with Crippen LogP contribution in [0, 0.1) is 24.2 Å². The minimum atomic E-state index is -0.961. The fourth-order valence-corrected chi connectivity index (χ4v) is 4.04. The third-order valence-electron chi connectivity index (χ3n) is 5.18. The SMILES string of the molecule is COCOC[C@@H]1CCC[C@]12NC(=O)N(c1ccc(C#N)c(Cl)c1C)C2=O. The molecule has 1 heterocycles. The summed E-state index contributed by atoms with van der Waals surface area (Å²) in [5, 5.41) is 12.2. The highest BCUT2D eigenvalue weighted by atomic mass is 35.5. The molecule has 1 saturated carbocycles. The van der Waals surface area contributed by atoms with Gasteiger partial charge >= 0.3 is 6.03 Å². The zero-order valence-electron chi connectivity index (χ0n) is 14.7. The highest BCUT2D eigenvalue weighted by molar-refractivity contribution is 6.33. The van der Waals surface area contributed by atoms with Crippen LogP contribution < -0.4 is 10.2 Å². The Balaban J connectivity index is 1.93. The number of anilines is 1. The molecule has 0 unspecified atom stereocenters. The summed E-state index contributed by atoms with van der Waals surface area (Å²) in [6, 6.07) is 4.62. The number of urea groups is 1. The average Bonchev–Trinajstić information content (AvgIpc) is 3.13. The van der Waals surface area contributed by atoms with Gasteiger partial charge in [0.25, 0.3) is 5.91 Å². The predicted octanol–water partition coefficient (Wildman–Crippen LogP) is 2.74. The number of imide groups is 1. The molecule has 0 radical (unpaired) electrons.